The molecule has 160 valence electrons. The first kappa shape index (κ1) is 23.4. The molecule has 29 heavy (non-hydrogen) atoms. The second kappa shape index (κ2) is 11.4. The Labute approximate surface area is 191 Å². The third-order valence-electron chi connectivity index (χ3n) is 5.32. The number of aryl methyl sites for hydroxylation is 2. The van der Waals surface area contributed by atoms with E-state index < -0.39 is 0 Å². The van der Waals surface area contributed by atoms with E-state index in [1.165, 1.54) is 31.2 Å². The van der Waals surface area contributed by atoms with Gasteiger partial charge in [-0.05, 0) is 38.8 Å². The molecule has 0 saturated heterocycles. The van der Waals surface area contributed by atoms with Crippen LogP contribution >= 0.6 is 24.0 Å². The maximum absolute atomic E-state index is 5.89. The molecule has 0 spiro atoms. The van der Waals surface area contributed by atoms with Gasteiger partial charge >= 0.3 is 0 Å². The normalized spacial score (nSPS) is 14.6. The lowest BCUT2D eigenvalue weighted by Gasteiger charge is -2.25. The van der Waals surface area contributed by atoms with E-state index in [-0.39, 0.29) is 24.0 Å². The van der Waals surface area contributed by atoms with Gasteiger partial charge in [0.1, 0.15) is 24.7 Å². The van der Waals surface area contributed by atoms with E-state index >= 15 is 0 Å². The summed E-state index contributed by atoms with van der Waals surface area (Å²) in [6.07, 6.45) is 4.98. The van der Waals surface area contributed by atoms with Crippen LogP contribution in [0.15, 0.2) is 29.3 Å². The molecule has 2 aromatic rings. The summed E-state index contributed by atoms with van der Waals surface area (Å²) in [4.78, 5) is 6.96. The summed E-state index contributed by atoms with van der Waals surface area (Å²) in [7, 11) is 4.03. The van der Waals surface area contributed by atoms with Crippen LogP contribution in [0.25, 0.3) is 0 Å². The highest BCUT2D eigenvalue weighted by atomic mass is 127. The third kappa shape index (κ3) is 6.87. The van der Waals surface area contributed by atoms with E-state index in [1.54, 1.807) is 0 Å². The van der Waals surface area contributed by atoms with E-state index in [4.69, 9.17) is 9.73 Å². The monoisotopic (exact) mass is 512 g/mol. The van der Waals surface area contributed by atoms with Crippen molar-refractivity contribution in [3.05, 3.63) is 41.5 Å². The molecule has 1 N–H and O–H groups in total. The number of rotatable bonds is 7. The molecule has 8 heteroatoms. The number of halogens is 1. The minimum absolute atomic E-state index is 0. The van der Waals surface area contributed by atoms with Crippen LogP contribution in [-0.4, -0.2) is 51.9 Å². The number of ether oxygens (including phenoxy) is 1. The maximum Gasteiger partial charge on any atom is 0.194 e. The van der Waals surface area contributed by atoms with Gasteiger partial charge in [0, 0.05) is 20.1 Å². The van der Waals surface area contributed by atoms with Crippen molar-refractivity contribution in [3.8, 4) is 5.75 Å². The molecule has 3 rings (SSSR count). The fourth-order valence-corrected chi connectivity index (χ4v) is 3.30. The van der Waals surface area contributed by atoms with Crippen LogP contribution in [0.5, 0.6) is 5.75 Å². The molecular weight excluding hydrogens is 479 g/mol. The standard InChI is InChI=1S/C21H32N6O.HI/c1-16-9-11-19(12-10-16)28-14-13-26(3)21(23-18-7-5-6-8-18)22-15-20-25-24-17(2)27(20)4;/h9-12,18H,5-8,13-15H2,1-4H3,(H,22,23);1H. The summed E-state index contributed by atoms with van der Waals surface area (Å²) in [6.45, 7) is 5.90. The van der Waals surface area contributed by atoms with Crippen LogP contribution in [0, 0.1) is 13.8 Å². The van der Waals surface area contributed by atoms with Crippen LogP contribution in [-0.2, 0) is 13.6 Å². The Kier molecular flexibility index (Phi) is 9.19. The Morgan fingerprint density at radius 2 is 1.90 bits per heavy atom. The van der Waals surface area contributed by atoms with Crippen LogP contribution in [0.3, 0.4) is 0 Å². The van der Waals surface area contributed by atoms with Crippen LogP contribution in [0.2, 0.25) is 0 Å². The lowest BCUT2D eigenvalue weighted by molar-refractivity contribution is 0.280. The summed E-state index contributed by atoms with van der Waals surface area (Å²) in [5.74, 6) is 3.57. The van der Waals surface area contributed by atoms with Gasteiger partial charge < -0.3 is 19.5 Å². The van der Waals surface area contributed by atoms with Gasteiger partial charge in [-0.1, -0.05) is 30.5 Å². The maximum atomic E-state index is 5.89. The first-order chi connectivity index (χ1) is 13.5. The zero-order chi connectivity index (χ0) is 19.9. The molecule has 1 fully saturated rings. The molecule has 1 aromatic carbocycles. The topological polar surface area (TPSA) is 67.6 Å². The Morgan fingerprint density at radius 3 is 2.52 bits per heavy atom. The molecule has 1 aromatic heterocycles. The molecule has 7 nitrogen and oxygen atoms in total. The molecule has 1 heterocycles. The van der Waals surface area contributed by atoms with E-state index in [1.807, 2.05) is 30.7 Å². The molecule has 0 aliphatic heterocycles. The summed E-state index contributed by atoms with van der Waals surface area (Å²) in [6, 6.07) is 8.66. The summed E-state index contributed by atoms with van der Waals surface area (Å²) >= 11 is 0. The lowest BCUT2D eigenvalue weighted by Crippen LogP contribution is -2.45. The van der Waals surface area contributed by atoms with Crippen molar-refractivity contribution < 1.29 is 4.74 Å². The Balaban J connectivity index is 0.00000300. The van der Waals surface area contributed by atoms with E-state index in [0.717, 1.165) is 29.9 Å². The minimum Gasteiger partial charge on any atom is -0.492 e. The minimum atomic E-state index is 0. The Hall–Kier alpha value is -1.84. The fraction of sp³-hybridized carbons (Fsp3) is 0.571. The second-order valence-electron chi connectivity index (χ2n) is 7.57. The fourth-order valence-electron chi connectivity index (χ4n) is 3.30. The van der Waals surface area contributed by atoms with Crippen molar-refractivity contribution in [1.82, 2.24) is 25.0 Å². The molecule has 0 amide bonds. The van der Waals surface area contributed by atoms with Gasteiger partial charge in [-0.2, -0.15) is 0 Å². The lowest BCUT2D eigenvalue weighted by atomic mass is 10.2. The Bertz CT molecular complexity index is 783. The molecule has 1 saturated carbocycles. The van der Waals surface area contributed by atoms with Gasteiger partial charge in [0.15, 0.2) is 11.8 Å². The summed E-state index contributed by atoms with van der Waals surface area (Å²) < 4.78 is 7.87. The predicted octanol–water partition coefficient (Wildman–Crippen LogP) is 3.45. The van der Waals surface area contributed by atoms with Crippen molar-refractivity contribution >= 4 is 29.9 Å². The number of hydrogen-bond acceptors (Lipinski definition) is 4. The van der Waals surface area contributed by atoms with Gasteiger partial charge in [0.2, 0.25) is 0 Å². The smallest absolute Gasteiger partial charge is 0.194 e. The van der Waals surface area contributed by atoms with E-state index in [0.29, 0.717) is 19.2 Å². The quantitative estimate of drug-likeness (QED) is 0.350. The van der Waals surface area contributed by atoms with Crippen LogP contribution in [0.1, 0.15) is 42.9 Å². The third-order valence-corrected chi connectivity index (χ3v) is 5.32. The first-order valence-electron chi connectivity index (χ1n) is 10.1. The Morgan fingerprint density at radius 1 is 1.21 bits per heavy atom. The zero-order valence-corrected chi connectivity index (χ0v) is 20.2. The van der Waals surface area contributed by atoms with Gasteiger partial charge in [0.05, 0.1) is 6.54 Å². The highest BCUT2D eigenvalue weighted by Gasteiger charge is 2.18. The number of aliphatic imine (C=N–C) groups is 1. The molecule has 1 aliphatic rings. The molecule has 0 atom stereocenters. The van der Waals surface area contributed by atoms with E-state index in [9.17, 15) is 0 Å². The van der Waals surface area contributed by atoms with Crippen molar-refractivity contribution in [1.29, 1.82) is 0 Å². The highest BCUT2D eigenvalue weighted by molar-refractivity contribution is 14.0. The van der Waals surface area contributed by atoms with Crippen molar-refractivity contribution in [3.63, 3.8) is 0 Å². The van der Waals surface area contributed by atoms with Crippen LogP contribution in [0.4, 0.5) is 0 Å². The van der Waals surface area contributed by atoms with Gasteiger partial charge in [-0.25, -0.2) is 4.99 Å². The van der Waals surface area contributed by atoms with E-state index in [2.05, 4.69) is 46.5 Å². The first-order valence-corrected chi connectivity index (χ1v) is 10.1. The SMILES string of the molecule is Cc1ccc(OCCN(C)C(=NCc2nnc(C)n2C)NC2CCCC2)cc1.I. The number of guanidine groups is 1. The summed E-state index contributed by atoms with van der Waals surface area (Å²) in [5.41, 5.74) is 1.23. The largest absolute Gasteiger partial charge is 0.492 e. The van der Waals surface area contributed by atoms with Gasteiger partial charge in [-0.3, -0.25) is 0 Å². The predicted molar refractivity (Wildman–Crippen MR) is 127 cm³/mol. The van der Waals surface area contributed by atoms with Crippen LogP contribution < -0.4 is 10.1 Å². The molecule has 0 unspecified atom stereocenters. The number of likely N-dealkylation sites (N-methyl/N-ethyl adjacent to an activating group) is 1. The summed E-state index contributed by atoms with van der Waals surface area (Å²) in [5, 5.41) is 12.0. The average Bonchev–Trinajstić information content (AvgIpc) is 3.31. The highest BCUT2D eigenvalue weighted by Crippen LogP contribution is 2.18. The van der Waals surface area contributed by atoms with Gasteiger partial charge in [-0.15, -0.1) is 34.2 Å². The van der Waals surface area contributed by atoms with Crippen molar-refractivity contribution in [2.45, 2.75) is 52.1 Å². The zero-order valence-electron chi connectivity index (χ0n) is 17.9. The molecule has 0 radical (unpaired) electrons. The number of nitrogens with one attached hydrogen (secondary N) is 1. The second-order valence-corrected chi connectivity index (χ2v) is 7.57. The number of nitrogens with zero attached hydrogens (tertiary/aromatic N) is 5. The van der Waals surface area contributed by atoms with Gasteiger partial charge in [0.25, 0.3) is 0 Å². The number of benzene rings is 1. The van der Waals surface area contributed by atoms with Crippen molar-refractivity contribution in [2.24, 2.45) is 12.0 Å². The molecular formula is C21H33IN6O. The van der Waals surface area contributed by atoms with Crippen molar-refractivity contribution in [2.75, 3.05) is 20.2 Å². The molecule has 1 aliphatic carbocycles. The number of aromatic nitrogens is 3. The average molecular weight is 512 g/mol. The molecule has 0 bridgehead atoms. The number of hydrogen-bond donors (Lipinski definition) is 1.